The Bertz CT molecular complexity index is 805. The van der Waals surface area contributed by atoms with Gasteiger partial charge in [-0.15, -0.1) is 0 Å². The van der Waals surface area contributed by atoms with Gasteiger partial charge in [0, 0.05) is 0 Å². The second-order valence-corrected chi connectivity index (χ2v) is 5.35. The molecule has 0 aromatic heterocycles. The number of nitrogens with zero attached hydrogens (tertiary/aromatic N) is 1. The lowest BCUT2D eigenvalue weighted by molar-refractivity contribution is -0.127. The van der Waals surface area contributed by atoms with Crippen molar-refractivity contribution in [3.05, 3.63) is 59.9 Å². The molecule has 0 fully saturated rings. The summed E-state index contributed by atoms with van der Waals surface area (Å²) in [6.07, 6.45) is -0.809. The van der Waals surface area contributed by atoms with Crippen LogP contribution in [0.2, 0.25) is 0 Å². The number of halogens is 1. The summed E-state index contributed by atoms with van der Waals surface area (Å²) in [4.78, 5) is 12.0. The molecule has 0 aliphatic heterocycles. The Balaban J connectivity index is 1.81. The average Bonchev–Trinajstić information content (AvgIpc) is 2.62. The van der Waals surface area contributed by atoms with Gasteiger partial charge in [-0.3, -0.25) is 15.6 Å². The van der Waals surface area contributed by atoms with Gasteiger partial charge in [0.2, 0.25) is 0 Å². The third-order valence-corrected chi connectivity index (χ3v) is 3.29. The molecule has 0 spiro atoms. The highest BCUT2D eigenvalue weighted by Crippen LogP contribution is 2.13. The molecule has 8 heteroatoms. The molecule has 0 radical (unpaired) electrons. The summed E-state index contributed by atoms with van der Waals surface area (Å²) < 4.78 is 19.0. The van der Waals surface area contributed by atoms with Crippen LogP contribution in [0.25, 0.3) is 0 Å². The van der Waals surface area contributed by atoms with Gasteiger partial charge < -0.3 is 10.1 Å². The third-order valence-electron chi connectivity index (χ3n) is 3.09. The number of anilines is 1. The number of amides is 1. The molecule has 2 aromatic carbocycles. The molecule has 0 saturated carbocycles. The molecule has 1 atom stereocenters. The molecule has 3 N–H and O–H groups in total. The predicted molar refractivity (Wildman–Crippen MR) is 95.1 cm³/mol. The van der Waals surface area contributed by atoms with Crippen LogP contribution in [-0.4, -0.2) is 17.1 Å². The normalized spacial score (nSPS) is 10.9. The minimum atomic E-state index is -0.809. The van der Waals surface area contributed by atoms with Crippen LogP contribution >= 0.6 is 12.2 Å². The van der Waals surface area contributed by atoms with Crippen LogP contribution in [0.5, 0.6) is 5.75 Å². The Morgan fingerprint density at radius 2 is 1.88 bits per heavy atom. The van der Waals surface area contributed by atoms with Crippen LogP contribution in [0, 0.1) is 17.1 Å². The zero-order valence-corrected chi connectivity index (χ0v) is 14.1. The number of para-hydroxylation sites is 1. The lowest BCUT2D eigenvalue weighted by Gasteiger charge is -2.16. The lowest BCUT2D eigenvalue weighted by atomic mass is 10.2. The van der Waals surface area contributed by atoms with Crippen LogP contribution in [0.1, 0.15) is 12.5 Å². The molecule has 6 nitrogen and oxygen atoms in total. The monoisotopic (exact) mass is 358 g/mol. The van der Waals surface area contributed by atoms with Gasteiger partial charge in [0.1, 0.15) is 11.6 Å². The van der Waals surface area contributed by atoms with Crippen molar-refractivity contribution < 1.29 is 13.9 Å². The van der Waals surface area contributed by atoms with Crippen molar-refractivity contribution >= 4 is 28.9 Å². The van der Waals surface area contributed by atoms with E-state index in [1.54, 1.807) is 43.3 Å². The number of nitriles is 1. The van der Waals surface area contributed by atoms with E-state index in [0.717, 1.165) is 0 Å². The Morgan fingerprint density at radius 3 is 2.52 bits per heavy atom. The number of hydrogen-bond acceptors (Lipinski definition) is 4. The zero-order chi connectivity index (χ0) is 18.2. The minimum Gasteiger partial charge on any atom is -0.481 e. The van der Waals surface area contributed by atoms with E-state index in [4.69, 9.17) is 22.2 Å². The molecular formula is C17H15FN4O2S. The maximum absolute atomic E-state index is 13.5. The van der Waals surface area contributed by atoms with Crippen molar-refractivity contribution in [1.29, 1.82) is 5.26 Å². The minimum absolute atomic E-state index is 0.0315. The fraction of sp³-hybridized carbons (Fsp3) is 0.118. The summed E-state index contributed by atoms with van der Waals surface area (Å²) in [7, 11) is 0. The molecule has 0 aliphatic carbocycles. The van der Waals surface area contributed by atoms with E-state index in [1.807, 2.05) is 6.07 Å². The highest BCUT2D eigenvalue weighted by atomic mass is 32.1. The van der Waals surface area contributed by atoms with Crippen LogP contribution in [0.3, 0.4) is 0 Å². The quantitative estimate of drug-likeness (QED) is 0.575. The van der Waals surface area contributed by atoms with E-state index in [9.17, 15) is 9.18 Å². The third kappa shape index (κ3) is 5.44. The van der Waals surface area contributed by atoms with E-state index in [-0.39, 0.29) is 10.8 Å². The summed E-state index contributed by atoms with van der Waals surface area (Å²) in [5, 5.41) is 11.4. The summed E-state index contributed by atoms with van der Waals surface area (Å²) >= 11 is 4.98. The number of nitrogens with one attached hydrogen (secondary N) is 3. The maximum atomic E-state index is 13.5. The molecule has 2 rings (SSSR count). The summed E-state index contributed by atoms with van der Waals surface area (Å²) in [5.41, 5.74) is 5.53. The van der Waals surface area contributed by atoms with Crippen molar-refractivity contribution in [2.75, 3.05) is 5.32 Å². The van der Waals surface area contributed by atoms with Crippen LogP contribution in [0.15, 0.2) is 48.5 Å². The Labute approximate surface area is 149 Å². The van der Waals surface area contributed by atoms with E-state index >= 15 is 0 Å². The topological polar surface area (TPSA) is 86.2 Å². The number of rotatable bonds is 4. The highest BCUT2D eigenvalue weighted by molar-refractivity contribution is 7.80. The molecular weight excluding hydrogens is 343 g/mol. The lowest BCUT2D eigenvalue weighted by Crippen LogP contribution is -2.48. The first-order valence-corrected chi connectivity index (χ1v) is 7.68. The standard InChI is InChI=1S/C17H15FN4O2S/c1-11(24-13-8-6-12(10-19)7-9-13)16(23)21-22-17(25)20-15-5-3-2-4-14(15)18/h2-9,11H,1H3,(H,21,23)(H2,20,22,25)/t11-/m0/s1. The first-order valence-electron chi connectivity index (χ1n) is 7.28. The molecule has 128 valence electrons. The zero-order valence-electron chi connectivity index (χ0n) is 13.2. The molecule has 25 heavy (non-hydrogen) atoms. The van der Waals surface area contributed by atoms with Crippen molar-refractivity contribution in [3.63, 3.8) is 0 Å². The summed E-state index contributed by atoms with van der Waals surface area (Å²) in [6.45, 7) is 1.56. The number of hydrazine groups is 1. The van der Waals surface area contributed by atoms with Gasteiger partial charge in [0.05, 0.1) is 17.3 Å². The number of thiocarbonyl (C=S) groups is 1. The first kappa shape index (κ1) is 18.2. The Hall–Kier alpha value is -3.18. The van der Waals surface area contributed by atoms with E-state index in [0.29, 0.717) is 11.3 Å². The van der Waals surface area contributed by atoms with Crippen molar-refractivity contribution in [1.82, 2.24) is 10.9 Å². The number of benzene rings is 2. The summed E-state index contributed by atoms with van der Waals surface area (Å²) in [6, 6.07) is 14.4. The molecule has 0 bridgehead atoms. The molecule has 2 aromatic rings. The smallest absolute Gasteiger partial charge is 0.279 e. The SMILES string of the molecule is C[C@H](Oc1ccc(C#N)cc1)C(=O)NNC(=S)Nc1ccccc1F. The van der Waals surface area contributed by atoms with Crippen LogP contribution < -0.4 is 20.9 Å². The summed E-state index contributed by atoms with van der Waals surface area (Å²) in [5.74, 6) is -0.480. The molecule has 0 saturated heterocycles. The van der Waals surface area contributed by atoms with Crippen LogP contribution in [0.4, 0.5) is 10.1 Å². The van der Waals surface area contributed by atoms with E-state index in [2.05, 4.69) is 16.2 Å². The van der Waals surface area contributed by atoms with Crippen LogP contribution in [-0.2, 0) is 4.79 Å². The van der Waals surface area contributed by atoms with Gasteiger partial charge in [-0.25, -0.2) is 4.39 Å². The fourth-order valence-electron chi connectivity index (χ4n) is 1.80. The predicted octanol–water partition coefficient (Wildman–Crippen LogP) is 2.48. The van der Waals surface area contributed by atoms with E-state index < -0.39 is 17.8 Å². The van der Waals surface area contributed by atoms with Crippen molar-refractivity contribution in [2.24, 2.45) is 0 Å². The molecule has 0 aliphatic rings. The molecule has 0 unspecified atom stereocenters. The van der Waals surface area contributed by atoms with E-state index in [1.165, 1.54) is 12.1 Å². The Kier molecular flexibility index (Phi) is 6.26. The first-order chi connectivity index (χ1) is 12.0. The van der Waals surface area contributed by atoms with Crippen molar-refractivity contribution in [3.8, 4) is 11.8 Å². The fourth-order valence-corrected chi connectivity index (χ4v) is 1.96. The number of hydrogen-bond donors (Lipinski definition) is 3. The second kappa shape index (κ2) is 8.61. The number of ether oxygens (including phenoxy) is 1. The largest absolute Gasteiger partial charge is 0.481 e. The number of carbonyl (C=O) groups excluding carboxylic acids is 1. The highest BCUT2D eigenvalue weighted by Gasteiger charge is 2.15. The molecule has 1 amide bonds. The number of carbonyl (C=O) groups is 1. The Morgan fingerprint density at radius 1 is 1.20 bits per heavy atom. The maximum Gasteiger partial charge on any atom is 0.279 e. The van der Waals surface area contributed by atoms with Gasteiger partial charge in [-0.1, -0.05) is 12.1 Å². The van der Waals surface area contributed by atoms with Gasteiger partial charge in [0.25, 0.3) is 5.91 Å². The molecule has 0 heterocycles. The van der Waals surface area contributed by atoms with Crippen molar-refractivity contribution in [2.45, 2.75) is 13.0 Å². The van der Waals surface area contributed by atoms with Gasteiger partial charge in [-0.2, -0.15) is 5.26 Å². The van der Waals surface area contributed by atoms with Gasteiger partial charge >= 0.3 is 0 Å². The van der Waals surface area contributed by atoms with Gasteiger partial charge in [-0.05, 0) is 55.5 Å². The second-order valence-electron chi connectivity index (χ2n) is 4.94. The average molecular weight is 358 g/mol. The van der Waals surface area contributed by atoms with Gasteiger partial charge in [0.15, 0.2) is 11.2 Å².